The third-order valence-corrected chi connectivity index (χ3v) is 7.45. The van der Waals surface area contributed by atoms with Crippen LogP contribution in [0.5, 0.6) is 0 Å². The maximum Gasteiger partial charge on any atom is 0.158 e. The first kappa shape index (κ1) is 22.2. The Bertz CT molecular complexity index is 585. The van der Waals surface area contributed by atoms with E-state index in [0.717, 1.165) is 67.6 Å². The quantitative estimate of drug-likeness (QED) is 0.0883. The van der Waals surface area contributed by atoms with Crippen LogP contribution in [0.2, 0.25) is 0 Å². The average Bonchev–Trinajstić information content (AvgIpc) is 3.42. The Morgan fingerprint density at radius 2 is 2.21 bits per heavy atom. The monoisotopic (exact) mass is 497 g/mol. The number of halogens is 1. The van der Waals surface area contributed by atoms with Crippen molar-refractivity contribution in [2.24, 2.45) is 23.7 Å². The molecule has 156 valence electrons. The van der Waals surface area contributed by atoms with Crippen molar-refractivity contribution in [2.75, 3.05) is 24.2 Å². The van der Waals surface area contributed by atoms with Crippen LogP contribution in [-0.2, 0) is 9.53 Å². The lowest BCUT2D eigenvalue weighted by Gasteiger charge is -2.19. The summed E-state index contributed by atoms with van der Waals surface area (Å²) in [5, 5.41) is 0. The molecule has 5 atom stereocenters. The minimum absolute atomic E-state index is 0.218. The van der Waals surface area contributed by atoms with Crippen LogP contribution in [-0.4, -0.2) is 41.0 Å². The molecule has 0 aromatic carbocycles. The van der Waals surface area contributed by atoms with Gasteiger partial charge in [0.2, 0.25) is 0 Å². The second-order valence-corrected chi connectivity index (χ2v) is 9.24. The summed E-state index contributed by atoms with van der Waals surface area (Å²) in [6, 6.07) is 0. The van der Waals surface area contributed by atoms with E-state index < -0.39 is 0 Å². The van der Waals surface area contributed by atoms with Gasteiger partial charge < -0.3 is 4.74 Å². The number of allylic oxidation sites excluding steroid dienone is 4. The molecule has 0 radical (unpaired) electrons. The van der Waals surface area contributed by atoms with Crippen molar-refractivity contribution in [1.29, 1.82) is 0 Å². The number of unbranched alkanes of at least 4 members (excludes halogenated alkanes) is 1. The van der Waals surface area contributed by atoms with Gasteiger partial charge in [0.1, 0.15) is 0 Å². The maximum absolute atomic E-state index is 12.2. The van der Waals surface area contributed by atoms with Gasteiger partial charge in [0.15, 0.2) is 5.78 Å². The van der Waals surface area contributed by atoms with Crippen LogP contribution in [0.3, 0.4) is 0 Å². The number of fused-ring (bicyclic) bond motifs is 1. The normalized spacial score (nSPS) is 31.5. The molecular formula is C24H36INO2. The van der Waals surface area contributed by atoms with E-state index in [9.17, 15) is 4.79 Å². The molecule has 3 nitrogen and oxygen atoms in total. The fourth-order valence-corrected chi connectivity index (χ4v) is 5.21. The summed E-state index contributed by atoms with van der Waals surface area (Å²) in [7, 11) is 0. The van der Waals surface area contributed by atoms with Gasteiger partial charge in [0.25, 0.3) is 0 Å². The van der Waals surface area contributed by atoms with Crippen LogP contribution < -0.4 is 0 Å². The van der Waals surface area contributed by atoms with Crippen LogP contribution in [0.1, 0.15) is 51.9 Å². The summed E-state index contributed by atoms with van der Waals surface area (Å²) < 4.78 is 7.06. The van der Waals surface area contributed by atoms with Crippen molar-refractivity contribution < 1.29 is 9.53 Å². The van der Waals surface area contributed by atoms with E-state index in [1.807, 2.05) is 6.08 Å². The second kappa shape index (κ2) is 11.7. The van der Waals surface area contributed by atoms with Crippen LogP contribution in [0, 0.1) is 23.7 Å². The third kappa shape index (κ3) is 6.53. The fourth-order valence-electron chi connectivity index (χ4n) is 4.59. The summed E-state index contributed by atoms with van der Waals surface area (Å²) in [5.74, 6) is 2.92. The molecule has 4 heteroatoms. The molecule has 5 unspecified atom stereocenters. The van der Waals surface area contributed by atoms with E-state index in [4.69, 9.17) is 4.74 Å². The molecule has 28 heavy (non-hydrogen) atoms. The van der Waals surface area contributed by atoms with Gasteiger partial charge >= 0.3 is 0 Å². The highest BCUT2D eigenvalue weighted by Gasteiger charge is 2.50. The van der Waals surface area contributed by atoms with E-state index in [1.54, 1.807) is 0 Å². The van der Waals surface area contributed by atoms with Crippen molar-refractivity contribution in [1.82, 2.24) is 4.90 Å². The van der Waals surface area contributed by atoms with Crippen LogP contribution in [0.4, 0.5) is 0 Å². The summed E-state index contributed by atoms with van der Waals surface area (Å²) in [4.78, 5) is 14.8. The number of hydrogen-bond acceptors (Lipinski definition) is 3. The first-order valence-electron chi connectivity index (χ1n) is 11.2. The Morgan fingerprint density at radius 1 is 1.32 bits per heavy atom. The van der Waals surface area contributed by atoms with Gasteiger partial charge in [-0.25, -0.2) is 0 Å². The lowest BCUT2D eigenvalue weighted by atomic mass is 9.90. The molecule has 0 saturated heterocycles. The zero-order chi connectivity index (χ0) is 19.8. The standard InChI is InChI=1S/C24H36INO2/c1-2-3-15-28-20-12-13-21-22(16-20)23(21)17-26(18-25)14-8-7-11-24(27)19-9-5-4-6-10-19/h4-5,7,11-13,19-23H,2-3,6,8-10,14-18H2,1H3/b11-7+. The second-order valence-electron chi connectivity index (χ2n) is 8.56. The molecule has 0 aliphatic heterocycles. The lowest BCUT2D eigenvalue weighted by Crippen LogP contribution is -2.26. The molecule has 3 rings (SSSR count). The van der Waals surface area contributed by atoms with E-state index in [-0.39, 0.29) is 5.92 Å². The molecular weight excluding hydrogens is 461 g/mol. The van der Waals surface area contributed by atoms with Gasteiger partial charge in [-0.05, 0) is 62.4 Å². The minimum atomic E-state index is 0.218. The number of alkyl halides is 1. The molecule has 0 amide bonds. The van der Waals surface area contributed by atoms with Crippen LogP contribution in [0.15, 0.2) is 36.5 Å². The fraction of sp³-hybridized carbons (Fsp3) is 0.708. The maximum atomic E-state index is 12.2. The third-order valence-electron chi connectivity index (χ3n) is 6.48. The van der Waals surface area contributed by atoms with Gasteiger partial charge in [0.05, 0.1) is 10.7 Å². The largest absolute Gasteiger partial charge is 0.374 e. The summed E-state index contributed by atoms with van der Waals surface area (Å²) in [5.41, 5.74) is 0. The topological polar surface area (TPSA) is 29.5 Å². The Labute approximate surface area is 184 Å². The Morgan fingerprint density at radius 3 is 2.96 bits per heavy atom. The van der Waals surface area contributed by atoms with Crippen molar-refractivity contribution in [3.8, 4) is 0 Å². The smallest absolute Gasteiger partial charge is 0.158 e. The van der Waals surface area contributed by atoms with Crippen molar-refractivity contribution >= 4 is 28.4 Å². The molecule has 3 aliphatic carbocycles. The highest BCUT2D eigenvalue weighted by atomic mass is 127. The number of ether oxygens (including phenoxy) is 1. The molecule has 0 bridgehead atoms. The van der Waals surface area contributed by atoms with Gasteiger partial charge in [0, 0.05) is 25.6 Å². The van der Waals surface area contributed by atoms with Gasteiger partial charge in [-0.2, -0.15) is 0 Å². The molecule has 1 saturated carbocycles. The molecule has 0 heterocycles. The van der Waals surface area contributed by atoms with Crippen LogP contribution in [0.25, 0.3) is 0 Å². The number of carbonyl (C=O) groups is 1. The summed E-state index contributed by atoms with van der Waals surface area (Å²) in [6.07, 6.45) is 20.9. The Balaban J connectivity index is 1.34. The Hall–Kier alpha value is -0.460. The van der Waals surface area contributed by atoms with Crippen molar-refractivity contribution in [3.63, 3.8) is 0 Å². The van der Waals surface area contributed by atoms with E-state index in [2.05, 4.69) is 64.8 Å². The predicted molar refractivity (Wildman–Crippen MR) is 125 cm³/mol. The minimum Gasteiger partial charge on any atom is -0.374 e. The number of hydrogen-bond donors (Lipinski definition) is 0. The average molecular weight is 497 g/mol. The number of rotatable bonds is 12. The highest BCUT2D eigenvalue weighted by Crippen LogP contribution is 2.53. The van der Waals surface area contributed by atoms with Gasteiger partial charge in [-0.3, -0.25) is 9.69 Å². The molecule has 1 fully saturated rings. The van der Waals surface area contributed by atoms with E-state index in [0.29, 0.717) is 11.9 Å². The molecule has 3 aliphatic rings. The first-order chi connectivity index (χ1) is 13.7. The zero-order valence-corrected chi connectivity index (χ0v) is 19.4. The van der Waals surface area contributed by atoms with Gasteiger partial charge in [-0.1, -0.05) is 66.3 Å². The van der Waals surface area contributed by atoms with Crippen LogP contribution >= 0.6 is 22.6 Å². The number of nitrogens with zero attached hydrogens (tertiary/aromatic N) is 1. The van der Waals surface area contributed by atoms with E-state index in [1.165, 1.54) is 19.4 Å². The molecule has 0 aromatic heterocycles. The predicted octanol–water partition coefficient (Wildman–Crippen LogP) is 5.56. The van der Waals surface area contributed by atoms with Gasteiger partial charge in [-0.15, -0.1) is 0 Å². The molecule has 0 spiro atoms. The number of carbonyl (C=O) groups excluding carboxylic acids is 1. The summed E-state index contributed by atoms with van der Waals surface area (Å²) >= 11 is 2.48. The molecule has 0 aromatic rings. The SMILES string of the molecule is CCCCOC1C=CC2C(C1)C2CN(CI)CC/C=C/C(=O)C1CC=CCC1. The number of ketones is 1. The molecule has 0 N–H and O–H groups in total. The van der Waals surface area contributed by atoms with Crippen molar-refractivity contribution in [2.45, 2.75) is 58.0 Å². The highest BCUT2D eigenvalue weighted by molar-refractivity contribution is 14.1. The summed E-state index contributed by atoms with van der Waals surface area (Å²) in [6.45, 7) is 5.34. The van der Waals surface area contributed by atoms with Crippen molar-refractivity contribution in [3.05, 3.63) is 36.5 Å². The van der Waals surface area contributed by atoms with E-state index >= 15 is 0 Å². The zero-order valence-electron chi connectivity index (χ0n) is 17.3. The first-order valence-corrected chi connectivity index (χ1v) is 12.7. The Kier molecular flexibility index (Phi) is 9.25. The lowest BCUT2D eigenvalue weighted by molar-refractivity contribution is -0.118.